The van der Waals surface area contributed by atoms with Crippen LogP contribution in [0.1, 0.15) is 5.56 Å². The van der Waals surface area contributed by atoms with Crippen LogP contribution in [0.3, 0.4) is 0 Å². The van der Waals surface area contributed by atoms with Crippen LogP contribution in [0.5, 0.6) is 5.88 Å². The number of esters is 1. The molecule has 1 aliphatic heterocycles. The highest BCUT2D eigenvalue weighted by atomic mass is 16.5. The van der Waals surface area contributed by atoms with E-state index in [1.54, 1.807) is 6.08 Å². The number of fused-ring (bicyclic) bond motifs is 2. The smallest absolute Gasteiger partial charge is 0.330 e. The highest BCUT2D eigenvalue weighted by molar-refractivity contribution is 5.91. The van der Waals surface area contributed by atoms with E-state index in [4.69, 9.17) is 0 Å². The summed E-state index contributed by atoms with van der Waals surface area (Å²) in [6, 6.07) is 13.4. The van der Waals surface area contributed by atoms with Crippen LogP contribution < -0.4 is 10.4 Å². The number of hydrogen-bond acceptors (Lipinski definition) is 5. The van der Waals surface area contributed by atoms with Crippen molar-refractivity contribution in [2.45, 2.75) is 0 Å². The van der Waals surface area contributed by atoms with Gasteiger partial charge in [0.2, 0.25) is 0 Å². The number of aromatic hydroxyl groups is 1. The normalized spacial score (nSPS) is 13.7. The first-order valence-electron chi connectivity index (χ1n) is 7.99. The number of carbonyl (C=O) groups is 1. The SMILES string of the molecule is COC(=O)/C=C/C1=c2ccc(=Cc3c(O)[nH]c4ccccc34)cc2N=N1. The maximum atomic E-state index is 11.2. The van der Waals surface area contributed by atoms with Gasteiger partial charge in [0.15, 0.2) is 5.88 Å². The van der Waals surface area contributed by atoms with Crippen molar-refractivity contribution in [3.8, 4) is 5.88 Å². The molecular weight excluding hydrogens is 330 g/mol. The molecule has 1 aliphatic rings. The van der Waals surface area contributed by atoms with Crippen molar-refractivity contribution in [3.63, 3.8) is 0 Å². The number of methoxy groups -OCH3 is 1. The minimum atomic E-state index is -0.444. The zero-order valence-corrected chi connectivity index (χ0v) is 13.9. The quantitative estimate of drug-likeness (QED) is 0.565. The van der Waals surface area contributed by atoms with Gasteiger partial charge < -0.3 is 14.8 Å². The number of rotatable bonds is 3. The average molecular weight is 345 g/mol. The predicted octanol–water partition coefficient (Wildman–Crippen LogP) is 2.64. The van der Waals surface area contributed by atoms with Gasteiger partial charge in [-0.15, -0.1) is 10.2 Å². The van der Waals surface area contributed by atoms with Crippen LogP contribution >= 0.6 is 0 Å². The van der Waals surface area contributed by atoms with Crippen molar-refractivity contribution in [3.05, 3.63) is 70.6 Å². The van der Waals surface area contributed by atoms with Crippen LogP contribution in [0.2, 0.25) is 0 Å². The molecule has 0 unspecified atom stereocenters. The summed E-state index contributed by atoms with van der Waals surface area (Å²) in [6.45, 7) is 0. The first kappa shape index (κ1) is 15.8. The molecule has 0 spiro atoms. The summed E-state index contributed by atoms with van der Waals surface area (Å²) in [5.74, 6) is -0.317. The molecule has 0 atom stereocenters. The van der Waals surface area contributed by atoms with E-state index in [0.29, 0.717) is 11.4 Å². The van der Waals surface area contributed by atoms with E-state index in [9.17, 15) is 9.90 Å². The molecule has 128 valence electrons. The minimum absolute atomic E-state index is 0.126. The Kier molecular flexibility index (Phi) is 3.85. The van der Waals surface area contributed by atoms with Crippen molar-refractivity contribution < 1.29 is 14.6 Å². The summed E-state index contributed by atoms with van der Waals surface area (Å²) in [5, 5.41) is 21.1. The number of aromatic amines is 1. The van der Waals surface area contributed by atoms with Crippen LogP contribution in [0, 0.1) is 0 Å². The summed E-state index contributed by atoms with van der Waals surface area (Å²) in [5.41, 5.74) is 2.92. The molecule has 0 saturated heterocycles. The Morgan fingerprint density at radius 1 is 1.19 bits per heavy atom. The van der Waals surface area contributed by atoms with Crippen molar-refractivity contribution in [1.29, 1.82) is 0 Å². The molecule has 0 radical (unpaired) electrons. The predicted molar refractivity (Wildman–Crippen MR) is 98.3 cm³/mol. The fraction of sp³-hybridized carbons (Fsp3) is 0.0500. The van der Waals surface area contributed by atoms with Crippen LogP contribution in [0.15, 0.2) is 64.8 Å². The number of hydrogen-bond donors (Lipinski definition) is 2. The highest BCUT2D eigenvalue weighted by Gasteiger charge is 2.09. The second kappa shape index (κ2) is 6.33. The molecule has 4 rings (SSSR count). The van der Waals surface area contributed by atoms with Crippen molar-refractivity contribution in [2.24, 2.45) is 10.2 Å². The number of azo groups is 1. The zero-order valence-electron chi connectivity index (χ0n) is 13.9. The van der Waals surface area contributed by atoms with Gasteiger partial charge in [0, 0.05) is 27.8 Å². The van der Waals surface area contributed by atoms with Crippen LogP contribution in [0.4, 0.5) is 5.69 Å². The average Bonchev–Trinajstić information content (AvgIpc) is 3.20. The number of ether oxygens (including phenoxy) is 1. The van der Waals surface area contributed by atoms with Crippen molar-refractivity contribution in [1.82, 2.24) is 4.98 Å². The second-order valence-electron chi connectivity index (χ2n) is 5.80. The van der Waals surface area contributed by atoms with Gasteiger partial charge in [-0.2, -0.15) is 0 Å². The molecule has 0 fully saturated rings. The molecule has 2 aromatic carbocycles. The summed E-state index contributed by atoms with van der Waals surface area (Å²) in [4.78, 5) is 14.2. The fourth-order valence-electron chi connectivity index (χ4n) is 2.90. The van der Waals surface area contributed by atoms with Gasteiger partial charge in [-0.1, -0.05) is 24.3 Å². The number of H-pyrrole nitrogens is 1. The number of benzene rings is 2. The molecule has 6 heteroatoms. The highest BCUT2D eigenvalue weighted by Crippen LogP contribution is 2.27. The lowest BCUT2D eigenvalue weighted by molar-refractivity contribution is -0.134. The van der Waals surface area contributed by atoms with Gasteiger partial charge in [-0.05, 0) is 35.6 Å². The molecule has 0 amide bonds. The van der Waals surface area contributed by atoms with E-state index in [0.717, 1.165) is 26.9 Å². The third kappa shape index (κ3) is 2.77. The standard InChI is InChI=1S/C20H15N3O3/c1-26-19(24)9-8-17-14-7-6-12(11-18(14)23-22-17)10-15-13-4-2-3-5-16(13)21-20(15)25/h2-11,21,25H,1H3/b9-8+,12-10?. The molecule has 0 bridgehead atoms. The monoisotopic (exact) mass is 345 g/mol. The second-order valence-corrected chi connectivity index (χ2v) is 5.80. The lowest BCUT2D eigenvalue weighted by Crippen LogP contribution is -2.08. The summed E-state index contributed by atoms with van der Waals surface area (Å²) in [7, 11) is 1.32. The van der Waals surface area contributed by atoms with Crippen molar-refractivity contribution in [2.75, 3.05) is 7.11 Å². The van der Waals surface area contributed by atoms with Crippen LogP contribution in [-0.4, -0.2) is 23.2 Å². The Morgan fingerprint density at radius 2 is 2.04 bits per heavy atom. The lowest BCUT2D eigenvalue weighted by atomic mass is 10.1. The number of para-hydroxylation sites is 1. The van der Waals surface area contributed by atoms with Crippen molar-refractivity contribution >= 4 is 34.3 Å². The number of nitrogens with one attached hydrogen (secondary N) is 1. The molecule has 26 heavy (non-hydrogen) atoms. The van der Waals surface area contributed by atoms with Gasteiger partial charge in [0.1, 0.15) is 0 Å². The largest absolute Gasteiger partial charge is 0.494 e. The molecule has 0 saturated carbocycles. The van der Waals surface area contributed by atoms with E-state index in [1.165, 1.54) is 13.2 Å². The van der Waals surface area contributed by atoms with Crippen LogP contribution in [0.25, 0.3) is 22.7 Å². The molecule has 2 N–H and O–H groups in total. The number of carbonyl (C=O) groups excluding carboxylic acids is 1. The Hall–Kier alpha value is -3.67. The van der Waals surface area contributed by atoms with E-state index in [2.05, 4.69) is 19.9 Å². The molecule has 0 aliphatic carbocycles. The Balaban J connectivity index is 1.79. The lowest BCUT2D eigenvalue weighted by Gasteiger charge is -1.94. The third-order valence-corrected chi connectivity index (χ3v) is 4.18. The molecule has 6 nitrogen and oxygen atoms in total. The Morgan fingerprint density at radius 3 is 2.88 bits per heavy atom. The Bertz CT molecular complexity index is 1200. The van der Waals surface area contributed by atoms with E-state index >= 15 is 0 Å². The van der Waals surface area contributed by atoms with E-state index in [1.807, 2.05) is 48.5 Å². The molecule has 3 aromatic rings. The minimum Gasteiger partial charge on any atom is -0.494 e. The Labute approximate surface area is 148 Å². The zero-order chi connectivity index (χ0) is 18.1. The summed E-state index contributed by atoms with van der Waals surface area (Å²) in [6.07, 6.45) is 4.79. The van der Waals surface area contributed by atoms with Crippen LogP contribution in [-0.2, 0) is 9.53 Å². The van der Waals surface area contributed by atoms with Gasteiger partial charge in [0.05, 0.1) is 18.5 Å². The summed E-state index contributed by atoms with van der Waals surface area (Å²) < 4.78 is 4.58. The first-order chi connectivity index (χ1) is 12.7. The van der Waals surface area contributed by atoms with Gasteiger partial charge in [-0.3, -0.25) is 0 Å². The maximum Gasteiger partial charge on any atom is 0.330 e. The van der Waals surface area contributed by atoms with Gasteiger partial charge in [0.25, 0.3) is 0 Å². The molecular formula is C20H15N3O3. The van der Waals surface area contributed by atoms with Gasteiger partial charge >= 0.3 is 5.97 Å². The third-order valence-electron chi connectivity index (χ3n) is 4.18. The molecule has 2 heterocycles. The number of nitrogens with zero attached hydrogens (tertiary/aromatic N) is 2. The summed E-state index contributed by atoms with van der Waals surface area (Å²) >= 11 is 0. The fourth-order valence-corrected chi connectivity index (χ4v) is 2.90. The number of aromatic nitrogens is 1. The van der Waals surface area contributed by atoms with Gasteiger partial charge in [-0.25, -0.2) is 4.79 Å². The van der Waals surface area contributed by atoms with E-state index in [-0.39, 0.29) is 5.88 Å². The first-order valence-corrected chi connectivity index (χ1v) is 7.99. The topological polar surface area (TPSA) is 87.0 Å². The van der Waals surface area contributed by atoms with E-state index < -0.39 is 5.97 Å². The molecule has 1 aromatic heterocycles. The maximum absolute atomic E-state index is 11.2.